The molecule has 0 spiro atoms. The minimum Gasteiger partial charge on any atom is -0.354 e. The number of carbonyl (C=O) groups excluding carboxylic acids is 2. The van der Waals surface area contributed by atoms with E-state index in [2.05, 4.69) is 10.4 Å². The molecule has 2 rings (SSSR count). The first-order valence-electron chi connectivity index (χ1n) is 5.87. The maximum absolute atomic E-state index is 11.9. The molecule has 0 aromatic carbocycles. The minimum atomic E-state index is -0.143. The fraction of sp³-hybridized carbons (Fsp3) is 0.417. The first kappa shape index (κ1) is 12.3. The Hall–Kier alpha value is -2.11. The lowest BCUT2D eigenvalue weighted by molar-refractivity contribution is -0.131. The summed E-state index contributed by atoms with van der Waals surface area (Å²) >= 11 is 0. The van der Waals surface area contributed by atoms with Crippen LogP contribution in [0.3, 0.4) is 0 Å². The van der Waals surface area contributed by atoms with Crippen molar-refractivity contribution in [1.29, 1.82) is 0 Å². The highest BCUT2D eigenvalue weighted by Gasteiger charge is 2.17. The molecule has 96 valence electrons. The number of nitrogens with zero attached hydrogens (tertiary/aromatic N) is 3. The van der Waals surface area contributed by atoms with Crippen LogP contribution in [0.1, 0.15) is 12.0 Å². The van der Waals surface area contributed by atoms with Crippen molar-refractivity contribution in [1.82, 2.24) is 20.0 Å². The summed E-state index contributed by atoms with van der Waals surface area (Å²) in [6.45, 7) is 1.38. The molecule has 1 N–H and O–H groups in total. The van der Waals surface area contributed by atoms with Crippen molar-refractivity contribution in [3.05, 3.63) is 24.0 Å². The Kier molecular flexibility index (Phi) is 3.76. The van der Waals surface area contributed by atoms with E-state index in [-0.39, 0.29) is 18.4 Å². The van der Waals surface area contributed by atoms with Gasteiger partial charge < -0.3 is 10.2 Å². The molecule has 0 atom stereocenters. The van der Waals surface area contributed by atoms with E-state index in [0.29, 0.717) is 13.1 Å². The highest BCUT2D eigenvalue weighted by Crippen LogP contribution is 2.02. The molecule has 1 aromatic heterocycles. The second-order valence-electron chi connectivity index (χ2n) is 4.24. The number of hydrogen-bond donors (Lipinski definition) is 1. The van der Waals surface area contributed by atoms with E-state index in [1.165, 1.54) is 6.08 Å². The van der Waals surface area contributed by atoms with Crippen molar-refractivity contribution in [2.75, 3.05) is 19.6 Å². The summed E-state index contributed by atoms with van der Waals surface area (Å²) in [6, 6.07) is 0. The lowest BCUT2D eigenvalue weighted by Crippen LogP contribution is -2.36. The van der Waals surface area contributed by atoms with Gasteiger partial charge in [0, 0.05) is 38.0 Å². The zero-order valence-corrected chi connectivity index (χ0v) is 10.3. The van der Waals surface area contributed by atoms with Gasteiger partial charge >= 0.3 is 0 Å². The van der Waals surface area contributed by atoms with Crippen LogP contribution in [0, 0.1) is 0 Å². The Labute approximate surface area is 105 Å². The van der Waals surface area contributed by atoms with Crippen LogP contribution in [-0.4, -0.2) is 46.1 Å². The lowest BCUT2D eigenvalue weighted by Gasteiger charge is -2.16. The van der Waals surface area contributed by atoms with Gasteiger partial charge in [0.25, 0.3) is 0 Å². The summed E-state index contributed by atoms with van der Waals surface area (Å²) in [6.07, 6.45) is 7.48. The SMILES string of the molecule is Cn1cc(C=CC(=O)N2CCCNC(=O)C2)cn1. The minimum absolute atomic E-state index is 0.101. The third-order valence-electron chi connectivity index (χ3n) is 2.72. The van der Waals surface area contributed by atoms with E-state index in [4.69, 9.17) is 0 Å². The van der Waals surface area contributed by atoms with Gasteiger partial charge in [0.05, 0.1) is 12.7 Å². The Morgan fingerprint density at radius 2 is 2.39 bits per heavy atom. The van der Waals surface area contributed by atoms with E-state index in [0.717, 1.165) is 12.0 Å². The summed E-state index contributed by atoms with van der Waals surface area (Å²) < 4.78 is 1.67. The number of aryl methyl sites for hydroxylation is 1. The van der Waals surface area contributed by atoms with Gasteiger partial charge in [-0.3, -0.25) is 14.3 Å². The monoisotopic (exact) mass is 248 g/mol. The Morgan fingerprint density at radius 1 is 1.56 bits per heavy atom. The standard InChI is InChI=1S/C12H16N4O2/c1-15-8-10(7-14-15)3-4-12(18)16-6-2-5-13-11(17)9-16/h3-4,7-8H,2,5-6,9H2,1H3,(H,13,17). The number of hydrogen-bond acceptors (Lipinski definition) is 3. The first-order valence-corrected chi connectivity index (χ1v) is 5.87. The van der Waals surface area contributed by atoms with E-state index in [9.17, 15) is 9.59 Å². The van der Waals surface area contributed by atoms with Crippen LogP contribution in [0.15, 0.2) is 18.5 Å². The third-order valence-corrected chi connectivity index (χ3v) is 2.72. The molecule has 2 heterocycles. The summed E-state index contributed by atoms with van der Waals surface area (Å²) in [5, 5.41) is 6.75. The molecule has 0 aliphatic carbocycles. The first-order chi connectivity index (χ1) is 8.65. The number of aromatic nitrogens is 2. The third kappa shape index (κ3) is 3.19. The van der Waals surface area contributed by atoms with Crippen LogP contribution in [0.25, 0.3) is 6.08 Å². The maximum Gasteiger partial charge on any atom is 0.247 e. The zero-order chi connectivity index (χ0) is 13.0. The number of nitrogens with one attached hydrogen (secondary N) is 1. The Balaban J connectivity index is 1.98. The van der Waals surface area contributed by atoms with Crippen LogP contribution in [-0.2, 0) is 16.6 Å². The molecule has 1 aromatic rings. The predicted octanol–water partition coefficient (Wildman–Crippen LogP) is -0.218. The number of carbonyl (C=O) groups is 2. The van der Waals surface area contributed by atoms with Crippen molar-refractivity contribution in [2.45, 2.75) is 6.42 Å². The maximum atomic E-state index is 11.9. The average molecular weight is 248 g/mol. The molecule has 1 fully saturated rings. The summed E-state index contributed by atoms with van der Waals surface area (Å²) in [7, 11) is 1.82. The molecule has 0 unspecified atom stereocenters. The van der Waals surface area contributed by atoms with Gasteiger partial charge in [0.1, 0.15) is 0 Å². The average Bonchev–Trinajstić information content (AvgIpc) is 2.63. The molecule has 18 heavy (non-hydrogen) atoms. The second kappa shape index (κ2) is 5.48. The van der Waals surface area contributed by atoms with Gasteiger partial charge in [-0.15, -0.1) is 0 Å². The van der Waals surface area contributed by atoms with Gasteiger partial charge in [-0.2, -0.15) is 5.10 Å². The predicted molar refractivity (Wildman–Crippen MR) is 66.4 cm³/mol. The van der Waals surface area contributed by atoms with Gasteiger partial charge in [0.15, 0.2) is 0 Å². The Bertz CT molecular complexity index is 478. The largest absolute Gasteiger partial charge is 0.354 e. The summed E-state index contributed by atoms with van der Waals surface area (Å²) in [5.41, 5.74) is 0.866. The van der Waals surface area contributed by atoms with Crippen LogP contribution >= 0.6 is 0 Å². The molecule has 2 amide bonds. The van der Waals surface area contributed by atoms with Gasteiger partial charge in [0.2, 0.25) is 11.8 Å². The van der Waals surface area contributed by atoms with Gasteiger partial charge in [-0.05, 0) is 12.5 Å². The van der Waals surface area contributed by atoms with Gasteiger partial charge in [-0.25, -0.2) is 0 Å². The fourth-order valence-corrected chi connectivity index (χ4v) is 1.79. The normalized spacial score (nSPS) is 16.7. The molecule has 1 saturated heterocycles. The summed E-state index contributed by atoms with van der Waals surface area (Å²) in [5.74, 6) is -0.244. The highest BCUT2D eigenvalue weighted by atomic mass is 16.2. The van der Waals surface area contributed by atoms with Crippen LogP contribution in [0.4, 0.5) is 0 Å². The molecule has 1 aliphatic rings. The zero-order valence-electron chi connectivity index (χ0n) is 10.3. The molecule has 6 heteroatoms. The van der Waals surface area contributed by atoms with Crippen LogP contribution in [0.5, 0.6) is 0 Å². The molecule has 0 saturated carbocycles. The van der Waals surface area contributed by atoms with E-state index < -0.39 is 0 Å². The van der Waals surface area contributed by atoms with Crippen LogP contribution < -0.4 is 5.32 Å². The van der Waals surface area contributed by atoms with Crippen molar-refractivity contribution < 1.29 is 9.59 Å². The smallest absolute Gasteiger partial charge is 0.247 e. The number of rotatable bonds is 2. The topological polar surface area (TPSA) is 67.2 Å². The number of amides is 2. The van der Waals surface area contributed by atoms with Crippen molar-refractivity contribution in [2.24, 2.45) is 7.05 Å². The fourth-order valence-electron chi connectivity index (χ4n) is 1.79. The Morgan fingerprint density at radius 3 is 3.11 bits per heavy atom. The molecular weight excluding hydrogens is 232 g/mol. The second-order valence-corrected chi connectivity index (χ2v) is 4.24. The lowest BCUT2D eigenvalue weighted by atomic mass is 10.3. The van der Waals surface area contributed by atoms with Gasteiger partial charge in [-0.1, -0.05) is 0 Å². The van der Waals surface area contributed by atoms with Crippen LogP contribution in [0.2, 0.25) is 0 Å². The molecule has 6 nitrogen and oxygen atoms in total. The van der Waals surface area contributed by atoms with Crippen molar-refractivity contribution in [3.63, 3.8) is 0 Å². The molecule has 0 radical (unpaired) electrons. The van der Waals surface area contributed by atoms with E-state index in [1.54, 1.807) is 21.9 Å². The molecular formula is C12H16N4O2. The molecule has 0 bridgehead atoms. The highest BCUT2D eigenvalue weighted by molar-refractivity contribution is 5.94. The molecule has 1 aliphatic heterocycles. The summed E-state index contributed by atoms with van der Waals surface area (Å²) in [4.78, 5) is 24.8. The van der Waals surface area contributed by atoms with E-state index >= 15 is 0 Å². The van der Waals surface area contributed by atoms with Crippen molar-refractivity contribution >= 4 is 17.9 Å². The van der Waals surface area contributed by atoms with Crippen molar-refractivity contribution in [3.8, 4) is 0 Å². The van der Waals surface area contributed by atoms with E-state index in [1.807, 2.05) is 13.2 Å². The quantitative estimate of drug-likeness (QED) is 0.736.